The summed E-state index contributed by atoms with van der Waals surface area (Å²) >= 11 is 6.04. The van der Waals surface area contributed by atoms with Crippen molar-refractivity contribution in [3.63, 3.8) is 0 Å². The van der Waals surface area contributed by atoms with Gasteiger partial charge in [-0.25, -0.2) is 0 Å². The molecule has 0 spiro atoms. The van der Waals surface area contributed by atoms with Crippen molar-refractivity contribution in [3.8, 4) is 11.4 Å². The van der Waals surface area contributed by atoms with Crippen LogP contribution in [0.2, 0.25) is 5.02 Å². The van der Waals surface area contributed by atoms with E-state index in [1.54, 1.807) is 4.90 Å². The van der Waals surface area contributed by atoms with Crippen LogP contribution in [0, 0.1) is 0 Å². The van der Waals surface area contributed by atoms with Crippen LogP contribution in [0.3, 0.4) is 0 Å². The first-order valence-corrected chi connectivity index (χ1v) is 9.91. The molecule has 7 nitrogen and oxygen atoms in total. The van der Waals surface area contributed by atoms with Gasteiger partial charge in [-0.1, -0.05) is 29.8 Å². The number of halogens is 4. The smallest absolute Gasteiger partial charge is 0.368 e. The van der Waals surface area contributed by atoms with E-state index in [9.17, 15) is 18.0 Å². The number of carbonyl (C=O) groups excluding carboxylic acids is 1. The minimum Gasteiger partial charge on any atom is -0.368 e. The zero-order chi connectivity index (χ0) is 22.0. The first-order valence-electron chi connectivity index (χ1n) is 9.53. The number of rotatable bonds is 4. The van der Waals surface area contributed by atoms with Gasteiger partial charge in [0.25, 0.3) is 0 Å². The summed E-state index contributed by atoms with van der Waals surface area (Å²) in [6.07, 6.45) is -4.46. The summed E-state index contributed by atoms with van der Waals surface area (Å²) < 4.78 is 38.7. The molecule has 11 heteroatoms. The van der Waals surface area contributed by atoms with Gasteiger partial charge in [0, 0.05) is 42.5 Å². The van der Waals surface area contributed by atoms with Crippen molar-refractivity contribution >= 4 is 23.2 Å². The number of anilines is 1. The van der Waals surface area contributed by atoms with Crippen LogP contribution in [0.25, 0.3) is 11.4 Å². The second-order valence-electron chi connectivity index (χ2n) is 7.07. The number of aromatic nitrogens is 4. The van der Waals surface area contributed by atoms with Gasteiger partial charge in [0.2, 0.25) is 11.7 Å². The molecule has 1 aliphatic heterocycles. The normalized spacial score (nSPS) is 14.7. The number of piperazine rings is 1. The van der Waals surface area contributed by atoms with Gasteiger partial charge in [0.15, 0.2) is 0 Å². The molecule has 4 rings (SSSR count). The molecule has 1 aromatic heterocycles. The van der Waals surface area contributed by atoms with Crippen LogP contribution in [-0.2, 0) is 17.5 Å². The molecule has 1 amide bonds. The summed E-state index contributed by atoms with van der Waals surface area (Å²) in [7, 11) is 0. The molecule has 0 N–H and O–H groups in total. The van der Waals surface area contributed by atoms with Gasteiger partial charge in [-0.15, -0.1) is 10.2 Å². The van der Waals surface area contributed by atoms with Crippen molar-refractivity contribution in [3.05, 3.63) is 59.1 Å². The Morgan fingerprint density at radius 2 is 1.77 bits per heavy atom. The van der Waals surface area contributed by atoms with E-state index in [-0.39, 0.29) is 23.8 Å². The van der Waals surface area contributed by atoms with Crippen LogP contribution in [0.15, 0.2) is 48.5 Å². The number of amides is 1. The van der Waals surface area contributed by atoms with Crippen LogP contribution in [-0.4, -0.2) is 57.2 Å². The molecule has 0 bridgehead atoms. The summed E-state index contributed by atoms with van der Waals surface area (Å²) in [5.41, 5.74) is 0.391. The summed E-state index contributed by atoms with van der Waals surface area (Å²) in [6, 6.07) is 12.2. The van der Waals surface area contributed by atoms with Gasteiger partial charge < -0.3 is 9.80 Å². The number of nitrogens with zero attached hydrogens (tertiary/aromatic N) is 6. The molecule has 3 aromatic rings. The average molecular weight is 451 g/mol. The molecule has 31 heavy (non-hydrogen) atoms. The topological polar surface area (TPSA) is 67.2 Å². The fourth-order valence-corrected chi connectivity index (χ4v) is 3.55. The van der Waals surface area contributed by atoms with Gasteiger partial charge in [0.1, 0.15) is 6.54 Å². The average Bonchev–Trinajstić information content (AvgIpc) is 3.22. The van der Waals surface area contributed by atoms with E-state index in [1.807, 2.05) is 24.3 Å². The zero-order valence-corrected chi connectivity index (χ0v) is 17.0. The van der Waals surface area contributed by atoms with Crippen molar-refractivity contribution in [2.75, 3.05) is 31.1 Å². The number of benzene rings is 2. The Labute approximate surface area is 181 Å². The fraction of sp³-hybridized carbons (Fsp3) is 0.300. The molecule has 0 saturated carbocycles. The van der Waals surface area contributed by atoms with Crippen molar-refractivity contribution in [1.82, 2.24) is 25.1 Å². The Balaban J connectivity index is 1.37. The van der Waals surface area contributed by atoms with Crippen molar-refractivity contribution in [2.45, 2.75) is 12.7 Å². The molecular weight excluding hydrogens is 433 g/mol. The number of alkyl halides is 3. The molecule has 1 fully saturated rings. The lowest BCUT2D eigenvalue weighted by atomic mass is 10.1. The maximum atomic E-state index is 12.9. The Kier molecular flexibility index (Phi) is 5.81. The summed E-state index contributed by atoms with van der Waals surface area (Å²) in [5.74, 6) is -0.150. The highest BCUT2D eigenvalue weighted by Crippen LogP contribution is 2.31. The third kappa shape index (κ3) is 4.96. The van der Waals surface area contributed by atoms with Crippen LogP contribution in [0.4, 0.5) is 18.9 Å². The molecule has 2 aromatic carbocycles. The lowest BCUT2D eigenvalue weighted by Gasteiger charge is -2.36. The minimum absolute atomic E-state index is 0.0321. The standard InChI is InChI=1S/C20H18ClF3N6O/c21-16-5-2-6-17(12-16)28-7-9-29(10-8-28)18(31)13-30-26-19(25-27-30)14-3-1-4-15(11-14)20(22,23)24/h1-6,11-12H,7-10,13H2. The Hall–Kier alpha value is -3.14. The highest BCUT2D eigenvalue weighted by Gasteiger charge is 2.31. The highest BCUT2D eigenvalue weighted by atomic mass is 35.5. The van der Waals surface area contributed by atoms with Crippen molar-refractivity contribution in [1.29, 1.82) is 0 Å². The highest BCUT2D eigenvalue weighted by molar-refractivity contribution is 6.30. The van der Waals surface area contributed by atoms with Crippen LogP contribution in [0.1, 0.15) is 5.56 Å². The molecule has 2 heterocycles. The summed E-state index contributed by atoms with van der Waals surface area (Å²) in [6.45, 7) is 2.24. The molecule has 1 aliphatic rings. The van der Waals surface area contributed by atoms with E-state index in [4.69, 9.17) is 11.6 Å². The second kappa shape index (κ2) is 8.54. The predicted octanol–water partition coefficient (Wildman–Crippen LogP) is 3.36. The van der Waals surface area contributed by atoms with Gasteiger partial charge in [-0.05, 0) is 35.5 Å². The third-order valence-electron chi connectivity index (χ3n) is 4.98. The monoisotopic (exact) mass is 450 g/mol. The van der Waals surface area contributed by atoms with Crippen molar-refractivity contribution < 1.29 is 18.0 Å². The Morgan fingerprint density at radius 3 is 2.48 bits per heavy atom. The van der Waals surface area contributed by atoms with E-state index in [0.717, 1.165) is 22.6 Å². The summed E-state index contributed by atoms with van der Waals surface area (Å²) in [5, 5.41) is 12.3. The molecule has 162 valence electrons. The number of hydrogen-bond acceptors (Lipinski definition) is 5. The van der Waals surface area contributed by atoms with Gasteiger partial charge in [-0.3, -0.25) is 4.79 Å². The van der Waals surface area contributed by atoms with E-state index in [1.165, 1.54) is 12.1 Å². The molecular formula is C20H18ClF3N6O. The van der Waals surface area contributed by atoms with Gasteiger partial charge in [0.05, 0.1) is 5.56 Å². The molecule has 0 atom stereocenters. The van der Waals surface area contributed by atoms with E-state index in [0.29, 0.717) is 31.2 Å². The third-order valence-corrected chi connectivity index (χ3v) is 5.22. The van der Waals surface area contributed by atoms with E-state index < -0.39 is 11.7 Å². The quantitative estimate of drug-likeness (QED) is 0.609. The van der Waals surface area contributed by atoms with E-state index >= 15 is 0 Å². The molecule has 0 unspecified atom stereocenters. The molecule has 0 radical (unpaired) electrons. The Bertz CT molecular complexity index is 1080. The van der Waals surface area contributed by atoms with Gasteiger partial charge in [-0.2, -0.15) is 18.0 Å². The van der Waals surface area contributed by atoms with E-state index in [2.05, 4.69) is 20.3 Å². The van der Waals surface area contributed by atoms with Crippen molar-refractivity contribution in [2.24, 2.45) is 0 Å². The number of tetrazole rings is 1. The molecule has 1 saturated heterocycles. The summed E-state index contributed by atoms with van der Waals surface area (Å²) in [4.78, 5) is 17.6. The number of hydrogen-bond donors (Lipinski definition) is 0. The molecule has 0 aliphatic carbocycles. The van der Waals surface area contributed by atoms with Crippen LogP contribution in [0.5, 0.6) is 0 Å². The Morgan fingerprint density at radius 1 is 1.03 bits per heavy atom. The first kappa shape index (κ1) is 21.1. The first-order chi connectivity index (χ1) is 14.8. The van der Waals surface area contributed by atoms with Crippen LogP contribution >= 0.6 is 11.6 Å². The van der Waals surface area contributed by atoms with Crippen LogP contribution < -0.4 is 4.90 Å². The SMILES string of the molecule is O=C(Cn1nnc(-c2cccc(C(F)(F)F)c2)n1)N1CCN(c2cccc(Cl)c2)CC1. The maximum Gasteiger partial charge on any atom is 0.416 e. The number of carbonyl (C=O) groups is 1. The minimum atomic E-state index is -4.46. The maximum absolute atomic E-state index is 12.9. The second-order valence-corrected chi connectivity index (χ2v) is 7.51. The van der Waals surface area contributed by atoms with Gasteiger partial charge >= 0.3 is 6.18 Å². The lowest BCUT2D eigenvalue weighted by Crippen LogP contribution is -2.49. The largest absolute Gasteiger partial charge is 0.416 e. The fourth-order valence-electron chi connectivity index (χ4n) is 3.37. The zero-order valence-electron chi connectivity index (χ0n) is 16.3. The predicted molar refractivity (Wildman–Crippen MR) is 109 cm³/mol. The lowest BCUT2D eigenvalue weighted by molar-refractivity contribution is -0.137.